The summed E-state index contributed by atoms with van der Waals surface area (Å²) in [6.45, 7) is 1.08. The van der Waals surface area contributed by atoms with Crippen LogP contribution in [-0.2, 0) is 9.53 Å². The Morgan fingerprint density at radius 2 is 2.08 bits per heavy atom. The second kappa shape index (κ2) is 5.24. The lowest BCUT2D eigenvalue weighted by Gasteiger charge is -2.60. The van der Waals surface area contributed by atoms with Crippen molar-refractivity contribution in [3.8, 4) is 17.6 Å². The Kier molecular flexibility index (Phi) is 3.10. The Balaban J connectivity index is 1.48. The van der Waals surface area contributed by atoms with Crippen LogP contribution in [0.1, 0.15) is 24.8 Å². The first-order valence-corrected chi connectivity index (χ1v) is 8.81. The Bertz CT molecular complexity index is 871. The molecule has 0 amide bonds. The predicted octanol–water partition coefficient (Wildman–Crippen LogP) is 2.45. The molecule has 0 bridgehead atoms. The van der Waals surface area contributed by atoms with Crippen LogP contribution in [0.15, 0.2) is 47.6 Å². The van der Waals surface area contributed by atoms with E-state index in [-0.39, 0.29) is 12.0 Å². The number of methoxy groups -OCH3 is 1. The number of piperidine rings is 1. The van der Waals surface area contributed by atoms with Crippen LogP contribution in [0.2, 0.25) is 0 Å². The van der Waals surface area contributed by atoms with Gasteiger partial charge in [-0.1, -0.05) is 18.3 Å². The molecule has 1 aromatic carbocycles. The molecule has 0 aromatic heterocycles. The number of esters is 1. The highest BCUT2D eigenvalue weighted by atomic mass is 16.6. The monoisotopic (exact) mass is 333 g/mol. The molecule has 126 valence electrons. The molecule has 1 aliphatic carbocycles. The van der Waals surface area contributed by atoms with Gasteiger partial charge in [-0.2, -0.15) is 0 Å². The summed E-state index contributed by atoms with van der Waals surface area (Å²) in [4.78, 5) is 14.5. The van der Waals surface area contributed by atoms with Crippen molar-refractivity contribution >= 4 is 5.97 Å². The van der Waals surface area contributed by atoms with Gasteiger partial charge >= 0.3 is 5.97 Å². The van der Waals surface area contributed by atoms with Crippen LogP contribution in [0.25, 0.3) is 0 Å². The van der Waals surface area contributed by atoms with E-state index in [1.165, 1.54) is 12.8 Å². The van der Waals surface area contributed by atoms with Gasteiger partial charge in [0.15, 0.2) is 5.60 Å². The molecule has 4 aliphatic rings. The van der Waals surface area contributed by atoms with Gasteiger partial charge in [0, 0.05) is 22.8 Å². The van der Waals surface area contributed by atoms with Gasteiger partial charge in [0.1, 0.15) is 5.75 Å². The van der Waals surface area contributed by atoms with Crippen molar-refractivity contribution in [2.45, 2.75) is 36.9 Å². The number of ether oxygens (including phenoxy) is 2. The number of carbonyl (C=O) groups excluding carboxylic acids is 1. The zero-order valence-corrected chi connectivity index (χ0v) is 14.1. The smallest absolute Gasteiger partial charge is 0.332 e. The third-order valence-corrected chi connectivity index (χ3v) is 5.83. The van der Waals surface area contributed by atoms with Gasteiger partial charge in [0.25, 0.3) is 0 Å². The second-order valence-electron chi connectivity index (χ2n) is 7.03. The van der Waals surface area contributed by atoms with Crippen LogP contribution < -0.4 is 4.74 Å². The Labute approximate surface area is 147 Å². The summed E-state index contributed by atoms with van der Waals surface area (Å²) < 4.78 is 11.0. The zero-order valence-electron chi connectivity index (χ0n) is 14.1. The molecule has 1 spiro atoms. The number of hydrogen-bond donors (Lipinski definition) is 0. The Hall–Kier alpha value is -2.51. The molecular weight excluding hydrogens is 314 g/mol. The standard InChI is InChI=1S/C21H19NO3/c1-24-16-9-6-14(7-10-16)5-8-15-12-19-21(17(15)13-20(23)25-21)18-4-2-3-11-22(18)19/h6-7,9-10,12-13,18-19H,2-4,11H2,1H3/t18-,19-,21?/m1/s1. The van der Waals surface area contributed by atoms with E-state index in [0.29, 0.717) is 6.04 Å². The fourth-order valence-corrected chi connectivity index (χ4v) is 4.74. The van der Waals surface area contributed by atoms with Crippen molar-refractivity contribution in [2.24, 2.45) is 0 Å². The molecule has 2 saturated heterocycles. The molecule has 25 heavy (non-hydrogen) atoms. The average Bonchev–Trinajstić information content (AvgIpc) is 3.12. The number of carbonyl (C=O) groups is 1. The van der Waals surface area contributed by atoms with E-state index >= 15 is 0 Å². The van der Waals surface area contributed by atoms with Crippen LogP contribution in [0.4, 0.5) is 0 Å². The number of hydrogen-bond acceptors (Lipinski definition) is 4. The van der Waals surface area contributed by atoms with Crippen LogP contribution in [0.5, 0.6) is 5.75 Å². The van der Waals surface area contributed by atoms with Crippen molar-refractivity contribution in [2.75, 3.05) is 13.7 Å². The van der Waals surface area contributed by atoms with Crippen molar-refractivity contribution in [3.05, 3.63) is 53.1 Å². The van der Waals surface area contributed by atoms with E-state index in [4.69, 9.17) is 9.47 Å². The molecule has 3 aliphatic heterocycles. The van der Waals surface area contributed by atoms with Crippen LogP contribution in [-0.4, -0.2) is 42.2 Å². The highest BCUT2D eigenvalue weighted by Crippen LogP contribution is 2.57. The fourth-order valence-electron chi connectivity index (χ4n) is 4.74. The summed E-state index contributed by atoms with van der Waals surface area (Å²) >= 11 is 0. The highest BCUT2D eigenvalue weighted by Gasteiger charge is 2.69. The first-order chi connectivity index (χ1) is 12.2. The van der Waals surface area contributed by atoms with E-state index in [1.54, 1.807) is 13.2 Å². The van der Waals surface area contributed by atoms with Crippen LogP contribution in [0, 0.1) is 11.8 Å². The van der Waals surface area contributed by atoms with Gasteiger partial charge in [0.2, 0.25) is 0 Å². The molecule has 0 N–H and O–H groups in total. The lowest BCUT2D eigenvalue weighted by atomic mass is 9.70. The number of nitrogens with zero attached hydrogens (tertiary/aromatic N) is 1. The van der Waals surface area contributed by atoms with Gasteiger partial charge in [0.05, 0.1) is 19.2 Å². The lowest BCUT2D eigenvalue weighted by Crippen LogP contribution is -2.76. The minimum atomic E-state index is -0.457. The van der Waals surface area contributed by atoms with Gasteiger partial charge in [-0.15, -0.1) is 0 Å². The molecule has 3 heterocycles. The molecule has 5 rings (SSSR count). The van der Waals surface area contributed by atoms with E-state index in [9.17, 15) is 4.79 Å². The van der Waals surface area contributed by atoms with Crippen molar-refractivity contribution < 1.29 is 14.3 Å². The molecule has 4 heteroatoms. The molecule has 0 saturated carbocycles. The number of benzene rings is 1. The Morgan fingerprint density at radius 3 is 2.88 bits per heavy atom. The van der Waals surface area contributed by atoms with Crippen molar-refractivity contribution in [3.63, 3.8) is 0 Å². The van der Waals surface area contributed by atoms with Crippen molar-refractivity contribution in [1.29, 1.82) is 0 Å². The Morgan fingerprint density at radius 1 is 1.24 bits per heavy atom. The fraction of sp³-hybridized carbons (Fsp3) is 0.381. The summed E-state index contributed by atoms with van der Waals surface area (Å²) in [5, 5.41) is 0. The quantitative estimate of drug-likeness (QED) is 0.584. The van der Waals surface area contributed by atoms with Gasteiger partial charge in [-0.05, 0) is 49.7 Å². The van der Waals surface area contributed by atoms with E-state index in [2.05, 4.69) is 22.8 Å². The molecule has 1 unspecified atom stereocenters. The van der Waals surface area contributed by atoms with Crippen LogP contribution >= 0.6 is 0 Å². The SMILES string of the molecule is COc1ccc(C#CC2=C[C@H]3N4CCCC[C@@H]4C34OC(=O)C=C24)cc1. The van der Waals surface area contributed by atoms with Gasteiger partial charge < -0.3 is 9.47 Å². The van der Waals surface area contributed by atoms with Gasteiger partial charge in [-0.3, -0.25) is 4.90 Å². The summed E-state index contributed by atoms with van der Waals surface area (Å²) in [5.41, 5.74) is 2.41. The molecule has 4 nitrogen and oxygen atoms in total. The topological polar surface area (TPSA) is 38.8 Å². The third kappa shape index (κ3) is 1.96. The molecule has 2 fully saturated rings. The van der Waals surface area contributed by atoms with Gasteiger partial charge in [-0.25, -0.2) is 4.79 Å². The van der Waals surface area contributed by atoms with E-state index in [0.717, 1.165) is 35.4 Å². The first-order valence-electron chi connectivity index (χ1n) is 8.81. The molecule has 3 atom stereocenters. The van der Waals surface area contributed by atoms with E-state index in [1.807, 2.05) is 24.3 Å². The average molecular weight is 333 g/mol. The van der Waals surface area contributed by atoms with E-state index < -0.39 is 5.60 Å². The third-order valence-electron chi connectivity index (χ3n) is 5.83. The van der Waals surface area contributed by atoms with Crippen LogP contribution in [0.3, 0.4) is 0 Å². The number of fused-ring (bicyclic) bond motifs is 2. The minimum absolute atomic E-state index is 0.163. The maximum absolute atomic E-state index is 12.0. The normalized spacial score (nSPS) is 32.1. The predicted molar refractivity (Wildman–Crippen MR) is 93.0 cm³/mol. The first kappa shape index (κ1) is 14.8. The maximum atomic E-state index is 12.0. The molecule has 0 radical (unpaired) electrons. The number of rotatable bonds is 1. The lowest BCUT2D eigenvalue weighted by molar-refractivity contribution is -0.194. The second-order valence-corrected chi connectivity index (χ2v) is 7.03. The summed E-state index contributed by atoms with van der Waals surface area (Å²) in [7, 11) is 1.65. The van der Waals surface area contributed by atoms with Crippen molar-refractivity contribution in [1.82, 2.24) is 4.90 Å². The molecular formula is C21H19NO3. The summed E-state index contributed by atoms with van der Waals surface area (Å²) in [5.74, 6) is 7.08. The minimum Gasteiger partial charge on any atom is -0.497 e. The maximum Gasteiger partial charge on any atom is 0.332 e. The molecule has 1 aromatic rings. The largest absolute Gasteiger partial charge is 0.497 e. The summed E-state index contributed by atoms with van der Waals surface area (Å²) in [6.07, 6.45) is 7.36. The zero-order chi connectivity index (χ0) is 17.0. The highest BCUT2D eigenvalue weighted by molar-refractivity contribution is 5.91. The summed E-state index contributed by atoms with van der Waals surface area (Å²) in [6, 6.07) is 8.18.